The Morgan fingerprint density at radius 3 is 2.32 bits per heavy atom. The summed E-state index contributed by atoms with van der Waals surface area (Å²) >= 11 is 0. The van der Waals surface area contributed by atoms with E-state index in [0.29, 0.717) is 5.69 Å². The summed E-state index contributed by atoms with van der Waals surface area (Å²) in [6.45, 7) is 0.168. The van der Waals surface area contributed by atoms with Gasteiger partial charge < -0.3 is 20.5 Å². The van der Waals surface area contributed by atoms with Gasteiger partial charge in [0.15, 0.2) is 0 Å². The van der Waals surface area contributed by atoms with Gasteiger partial charge in [-0.15, -0.1) is 0 Å². The first-order chi connectivity index (χ1) is 16.4. The van der Waals surface area contributed by atoms with Gasteiger partial charge in [0, 0.05) is 13.0 Å². The molecule has 0 saturated carbocycles. The standard InChI is InChI=1S/C25H22N4O5/c1-29-22(24(31)32)13-16(28-29)14-27-23(30)11-6-12-26-25(33)34-15-21-19-9-4-2-7-17(19)18-8-3-5-10-20(18)21/h2-5,7-10,13,21H,12,14-15H2,1H3,(H,26,33)(H,27,30)(H,31,32). The van der Waals surface area contributed by atoms with E-state index in [-0.39, 0.29) is 31.3 Å². The minimum absolute atomic E-state index is 0.0163. The van der Waals surface area contributed by atoms with E-state index in [1.807, 2.05) is 36.4 Å². The highest BCUT2D eigenvalue weighted by Gasteiger charge is 2.28. The second-order valence-corrected chi connectivity index (χ2v) is 7.61. The van der Waals surface area contributed by atoms with Crippen molar-refractivity contribution in [2.45, 2.75) is 12.5 Å². The number of aromatic nitrogens is 2. The van der Waals surface area contributed by atoms with Crippen LogP contribution < -0.4 is 10.6 Å². The van der Waals surface area contributed by atoms with Crippen LogP contribution in [0.1, 0.15) is 33.2 Å². The van der Waals surface area contributed by atoms with Crippen molar-refractivity contribution in [1.82, 2.24) is 20.4 Å². The molecule has 2 amide bonds. The summed E-state index contributed by atoms with van der Waals surface area (Å²) in [4.78, 5) is 35.0. The Labute approximate surface area is 195 Å². The zero-order chi connectivity index (χ0) is 24.1. The lowest BCUT2D eigenvalue weighted by molar-refractivity contribution is -0.115. The number of nitrogens with zero attached hydrogens (tertiary/aromatic N) is 2. The Morgan fingerprint density at radius 2 is 1.71 bits per heavy atom. The minimum Gasteiger partial charge on any atom is -0.477 e. The van der Waals surface area contributed by atoms with E-state index < -0.39 is 18.0 Å². The molecule has 172 valence electrons. The number of hydrogen-bond acceptors (Lipinski definition) is 5. The molecule has 1 aliphatic rings. The first kappa shape index (κ1) is 22.6. The van der Waals surface area contributed by atoms with E-state index in [0.717, 1.165) is 22.3 Å². The number of hydrogen-bond donors (Lipinski definition) is 3. The Kier molecular flexibility index (Phi) is 6.59. The van der Waals surface area contributed by atoms with Gasteiger partial charge in [0.05, 0.1) is 18.8 Å². The normalized spacial score (nSPS) is 11.6. The van der Waals surface area contributed by atoms with Crippen LogP contribution in [0.3, 0.4) is 0 Å². The molecule has 3 N–H and O–H groups in total. The minimum atomic E-state index is -1.10. The molecule has 1 heterocycles. The number of aromatic carboxylic acids is 1. The summed E-state index contributed by atoms with van der Waals surface area (Å²) < 4.78 is 6.62. The summed E-state index contributed by atoms with van der Waals surface area (Å²) in [5.74, 6) is 3.19. The maximum atomic E-state index is 12.1. The molecule has 2 aromatic carbocycles. The molecule has 0 bridgehead atoms. The van der Waals surface area contributed by atoms with Gasteiger partial charge in [-0.1, -0.05) is 54.5 Å². The average molecular weight is 458 g/mol. The van der Waals surface area contributed by atoms with Gasteiger partial charge in [0.2, 0.25) is 0 Å². The van der Waals surface area contributed by atoms with Crippen molar-refractivity contribution < 1.29 is 24.2 Å². The summed E-state index contributed by atoms with van der Waals surface area (Å²) in [5.41, 5.74) is 4.95. The first-order valence-electron chi connectivity index (χ1n) is 10.6. The SMILES string of the molecule is Cn1nc(CNC(=O)C#CCNC(=O)OCC2c3ccccc3-c3ccccc32)cc1C(=O)O. The van der Waals surface area contributed by atoms with Gasteiger partial charge >= 0.3 is 12.1 Å². The molecule has 4 rings (SSSR count). The van der Waals surface area contributed by atoms with Crippen molar-refractivity contribution in [3.63, 3.8) is 0 Å². The Bertz CT molecular complexity index is 1270. The summed E-state index contributed by atoms with van der Waals surface area (Å²) in [7, 11) is 1.50. The number of alkyl carbamates (subject to hydrolysis) is 1. The third kappa shape index (κ3) is 4.91. The predicted molar refractivity (Wildman–Crippen MR) is 123 cm³/mol. The number of amides is 2. The smallest absolute Gasteiger partial charge is 0.407 e. The second kappa shape index (κ2) is 9.92. The molecule has 1 aromatic heterocycles. The van der Waals surface area contributed by atoms with Crippen LogP contribution in [0.15, 0.2) is 54.6 Å². The number of fused-ring (bicyclic) bond motifs is 3. The quantitative estimate of drug-likeness (QED) is 0.487. The van der Waals surface area contributed by atoms with Crippen molar-refractivity contribution in [2.75, 3.05) is 13.2 Å². The third-order valence-corrected chi connectivity index (χ3v) is 5.45. The number of ether oxygens (including phenoxy) is 1. The van der Waals surface area contributed by atoms with Crippen molar-refractivity contribution in [2.24, 2.45) is 7.05 Å². The van der Waals surface area contributed by atoms with Crippen LogP contribution in [0, 0.1) is 11.8 Å². The maximum Gasteiger partial charge on any atom is 0.407 e. The Balaban J connectivity index is 1.23. The lowest BCUT2D eigenvalue weighted by Gasteiger charge is -2.14. The van der Waals surface area contributed by atoms with Crippen LogP contribution in [-0.4, -0.2) is 46.0 Å². The van der Waals surface area contributed by atoms with Crippen molar-refractivity contribution in [3.05, 3.63) is 77.1 Å². The van der Waals surface area contributed by atoms with Crippen molar-refractivity contribution in [3.8, 4) is 23.0 Å². The number of rotatable bonds is 6. The third-order valence-electron chi connectivity index (χ3n) is 5.45. The topological polar surface area (TPSA) is 123 Å². The molecule has 0 radical (unpaired) electrons. The lowest BCUT2D eigenvalue weighted by atomic mass is 9.98. The monoisotopic (exact) mass is 458 g/mol. The molecule has 9 nitrogen and oxygen atoms in total. The number of carbonyl (C=O) groups is 3. The van der Waals surface area contributed by atoms with E-state index in [4.69, 9.17) is 9.84 Å². The molecular weight excluding hydrogens is 436 g/mol. The summed E-state index contributed by atoms with van der Waals surface area (Å²) in [6.07, 6.45) is -0.619. The molecular formula is C25H22N4O5. The van der Waals surface area contributed by atoms with Crippen molar-refractivity contribution >= 4 is 18.0 Å². The van der Waals surface area contributed by atoms with E-state index in [9.17, 15) is 14.4 Å². The fourth-order valence-electron chi connectivity index (χ4n) is 3.92. The van der Waals surface area contributed by atoms with Crippen LogP contribution in [0.5, 0.6) is 0 Å². The number of carboxylic acid groups (broad SMARTS) is 1. The average Bonchev–Trinajstić information content (AvgIpc) is 3.37. The van der Waals surface area contributed by atoms with E-state index >= 15 is 0 Å². The van der Waals surface area contributed by atoms with Crippen LogP contribution in [-0.2, 0) is 23.1 Å². The lowest BCUT2D eigenvalue weighted by Crippen LogP contribution is -2.27. The van der Waals surface area contributed by atoms with Gasteiger partial charge in [0.1, 0.15) is 12.3 Å². The van der Waals surface area contributed by atoms with Gasteiger partial charge in [-0.2, -0.15) is 5.10 Å². The van der Waals surface area contributed by atoms with Crippen LogP contribution >= 0.6 is 0 Å². The zero-order valence-corrected chi connectivity index (χ0v) is 18.4. The molecule has 0 spiro atoms. The van der Waals surface area contributed by atoms with E-state index in [1.165, 1.54) is 17.8 Å². The molecule has 0 saturated heterocycles. The van der Waals surface area contributed by atoms with Crippen LogP contribution in [0.25, 0.3) is 11.1 Å². The number of benzene rings is 2. The molecule has 0 unspecified atom stereocenters. The maximum absolute atomic E-state index is 12.1. The molecule has 34 heavy (non-hydrogen) atoms. The van der Waals surface area contributed by atoms with Gasteiger partial charge in [-0.25, -0.2) is 9.59 Å². The van der Waals surface area contributed by atoms with E-state index in [2.05, 4.69) is 39.7 Å². The van der Waals surface area contributed by atoms with Gasteiger partial charge in [-0.05, 0) is 34.2 Å². The largest absolute Gasteiger partial charge is 0.477 e. The molecule has 3 aromatic rings. The number of carboxylic acids is 1. The molecule has 0 fully saturated rings. The summed E-state index contributed by atoms with van der Waals surface area (Å²) in [5, 5.41) is 18.1. The molecule has 9 heteroatoms. The zero-order valence-electron chi connectivity index (χ0n) is 18.4. The second-order valence-electron chi connectivity index (χ2n) is 7.61. The highest BCUT2D eigenvalue weighted by Crippen LogP contribution is 2.44. The molecule has 1 aliphatic carbocycles. The first-order valence-corrected chi connectivity index (χ1v) is 10.6. The Morgan fingerprint density at radius 1 is 1.06 bits per heavy atom. The number of carbonyl (C=O) groups excluding carboxylic acids is 2. The molecule has 0 aliphatic heterocycles. The predicted octanol–water partition coefficient (Wildman–Crippen LogP) is 2.28. The summed E-state index contributed by atoms with van der Waals surface area (Å²) in [6, 6.07) is 17.5. The van der Waals surface area contributed by atoms with E-state index in [1.54, 1.807) is 0 Å². The highest BCUT2D eigenvalue weighted by atomic mass is 16.5. The van der Waals surface area contributed by atoms with Crippen LogP contribution in [0.4, 0.5) is 4.79 Å². The Hall–Kier alpha value is -4.58. The van der Waals surface area contributed by atoms with Gasteiger partial charge in [-0.3, -0.25) is 9.48 Å². The fraction of sp³-hybridized carbons (Fsp3) is 0.200. The molecule has 0 atom stereocenters. The highest BCUT2D eigenvalue weighted by molar-refractivity contribution is 5.93. The fourth-order valence-corrected chi connectivity index (χ4v) is 3.92. The van der Waals surface area contributed by atoms with Gasteiger partial charge in [0.25, 0.3) is 5.91 Å². The van der Waals surface area contributed by atoms with Crippen molar-refractivity contribution in [1.29, 1.82) is 0 Å². The number of aryl methyl sites for hydroxylation is 1. The number of nitrogens with one attached hydrogen (secondary N) is 2. The van der Waals surface area contributed by atoms with Crippen LogP contribution in [0.2, 0.25) is 0 Å².